The van der Waals surface area contributed by atoms with E-state index in [1.54, 1.807) is 0 Å². The second kappa shape index (κ2) is 9.73. The van der Waals surface area contributed by atoms with Crippen LogP contribution in [0.2, 0.25) is 0 Å². The van der Waals surface area contributed by atoms with Crippen molar-refractivity contribution in [2.75, 3.05) is 33.4 Å². The van der Waals surface area contributed by atoms with Crippen LogP contribution in [0.4, 0.5) is 0 Å². The van der Waals surface area contributed by atoms with Crippen molar-refractivity contribution in [1.82, 2.24) is 15.2 Å². The number of amides is 1. The molecule has 2 aliphatic heterocycles. The molecular formula is C23H25Cl2N3O3. The van der Waals surface area contributed by atoms with Crippen LogP contribution in [0, 0.1) is 0 Å². The molecule has 164 valence electrons. The smallest absolute Gasteiger partial charge is 0.254 e. The number of carbonyl (C=O) groups excluding carboxylic acids is 1. The first-order chi connectivity index (χ1) is 14.2. The number of hydrogen-bond acceptors (Lipinski definition) is 5. The summed E-state index contributed by atoms with van der Waals surface area (Å²) >= 11 is 0. The molecule has 31 heavy (non-hydrogen) atoms. The Balaban J connectivity index is 0.00000136. The van der Waals surface area contributed by atoms with Crippen LogP contribution >= 0.6 is 24.8 Å². The average Bonchev–Trinajstić information content (AvgIpc) is 3.32. The van der Waals surface area contributed by atoms with E-state index in [-0.39, 0.29) is 36.8 Å². The zero-order valence-electron chi connectivity index (χ0n) is 17.2. The molecule has 0 saturated carbocycles. The summed E-state index contributed by atoms with van der Waals surface area (Å²) in [5, 5.41) is 4.20. The van der Waals surface area contributed by atoms with Gasteiger partial charge in [-0.2, -0.15) is 0 Å². The van der Waals surface area contributed by atoms with Gasteiger partial charge in [-0.1, -0.05) is 18.2 Å². The number of carbonyl (C=O) groups is 1. The minimum absolute atomic E-state index is 0. The summed E-state index contributed by atoms with van der Waals surface area (Å²) in [5.74, 6) is 1.48. The van der Waals surface area contributed by atoms with Gasteiger partial charge in [0, 0.05) is 30.6 Å². The second-order valence-corrected chi connectivity index (χ2v) is 7.49. The molecule has 0 bridgehead atoms. The molecule has 1 amide bonds. The van der Waals surface area contributed by atoms with Gasteiger partial charge in [-0.25, -0.2) is 4.98 Å². The fourth-order valence-corrected chi connectivity index (χ4v) is 4.03. The SMILES string of the molecule is CN(C(=O)c1cc(-c2ccc3c(c2)OCCO3)nc2ccccc12)C1CCNC1.Cl.Cl. The molecule has 8 heteroatoms. The van der Waals surface area contributed by atoms with Crippen molar-refractivity contribution in [2.24, 2.45) is 0 Å². The van der Waals surface area contributed by atoms with E-state index < -0.39 is 0 Å². The summed E-state index contributed by atoms with van der Waals surface area (Å²) < 4.78 is 11.3. The summed E-state index contributed by atoms with van der Waals surface area (Å²) in [6.45, 7) is 2.87. The molecule has 1 atom stereocenters. The average molecular weight is 462 g/mol. The first kappa shape index (κ1) is 23.1. The topological polar surface area (TPSA) is 63.7 Å². The largest absolute Gasteiger partial charge is 0.486 e. The van der Waals surface area contributed by atoms with Crippen molar-refractivity contribution in [2.45, 2.75) is 12.5 Å². The van der Waals surface area contributed by atoms with Crippen molar-refractivity contribution < 1.29 is 14.3 Å². The van der Waals surface area contributed by atoms with Crippen LogP contribution in [0.3, 0.4) is 0 Å². The molecule has 1 N–H and O–H groups in total. The highest BCUT2D eigenvalue weighted by atomic mass is 35.5. The van der Waals surface area contributed by atoms with Crippen molar-refractivity contribution in [1.29, 1.82) is 0 Å². The number of halogens is 2. The maximum absolute atomic E-state index is 13.4. The molecule has 2 aliphatic rings. The number of hydrogen-bond donors (Lipinski definition) is 1. The van der Waals surface area contributed by atoms with Gasteiger partial charge in [0.15, 0.2) is 11.5 Å². The number of benzene rings is 2. The fraction of sp³-hybridized carbons (Fsp3) is 0.304. The molecular weight excluding hydrogens is 437 g/mol. The number of rotatable bonds is 3. The highest BCUT2D eigenvalue weighted by Crippen LogP contribution is 2.35. The van der Waals surface area contributed by atoms with E-state index in [9.17, 15) is 4.79 Å². The summed E-state index contributed by atoms with van der Waals surface area (Å²) in [6, 6.07) is 15.7. The van der Waals surface area contributed by atoms with Crippen LogP contribution in [0.1, 0.15) is 16.8 Å². The van der Waals surface area contributed by atoms with Crippen molar-refractivity contribution >= 4 is 41.6 Å². The number of fused-ring (bicyclic) bond motifs is 2. The molecule has 1 saturated heterocycles. The van der Waals surface area contributed by atoms with Gasteiger partial charge in [0.25, 0.3) is 5.91 Å². The van der Waals surface area contributed by atoms with Gasteiger partial charge in [0.05, 0.1) is 16.8 Å². The van der Waals surface area contributed by atoms with Crippen molar-refractivity contribution in [3.8, 4) is 22.8 Å². The zero-order chi connectivity index (χ0) is 19.8. The van der Waals surface area contributed by atoms with Gasteiger partial charge >= 0.3 is 0 Å². The molecule has 1 aromatic heterocycles. The molecule has 3 heterocycles. The number of nitrogens with zero attached hydrogens (tertiary/aromatic N) is 2. The summed E-state index contributed by atoms with van der Waals surface area (Å²) in [7, 11) is 1.89. The quantitative estimate of drug-likeness (QED) is 0.639. The van der Waals surface area contributed by atoms with Gasteiger partial charge in [0.2, 0.25) is 0 Å². The normalized spacial score (nSPS) is 16.9. The van der Waals surface area contributed by atoms with Gasteiger partial charge in [-0.05, 0) is 43.3 Å². The van der Waals surface area contributed by atoms with E-state index in [1.807, 2.05) is 60.5 Å². The number of likely N-dealkylation sites (N-methyl/N-ethyl adjacent to an activating group) is 1. The summed E-state index contributed by atoms with van der Waals surface area (Å²) in [4.78, 5) is 20.1. The van der Waals surface area contributed by atoms with Gasteiger partial charge in [-0.3, -0.25) is 4.79 Å². The lowest BCUT2D eigenvalue weighted by Crippen LogP contribution is -2.38. The lowest BCUT2D eigenvalue weighted by Gasteiger charge is -2.24. The Morgan fingerprint density at radius 1 is 1.06 bits per heavy atom. The summed E-state index contributed by atoms with van der Waals surface area (Å²) in [5.41, 5.74) is 3.14. The number of ether oxygens (including phenoxy) is 2. The van der Waals surface area contributed by atoms with Crippen LogP contribution in [-0.4, -0.2) is 55.2 Å². The summed E-state index contributed by atoms with van der Waals surface area (Å²) in [6.07, 6.45) is 0.972. The highest BCUT2D eigenvalue weighted by molar-refractivity contribution is 6.07. The zero-order valence-corrected chi connectivity index (χ0v) is 18.8. The standard InChI is InChI=1S/C23H23N3O3.2ClH/c1-26(16-8-9-24-14-16)23(27)18-13-20(25-19-5-3-2-4-17(18)19)15-6-7-21-22(12-15)29-11-10-28-21;;/h2-7,12-13,16,24H,8-11,14H2,1H3;2*1H. The van der Waals surface area contributed by atoms with Crippen molar-refractivity contribution in [3.05, 3.63) is 54.1 Å². The predicted molar refractivity (Wildman–Crippen MR) is 126 cm³/mol. The molecule has 1 fully saturated rings. The highest BCUT2D eigenvalue weighted by Gasteiger charge is 2.26. The molecule has 0 radical (unpaired) electrons. The monoisotopic (exact) mass is 461 g/mol. The molecule has 1 unspecified atom stereocenters. The number of aromatic nitrogens is 1. The number of nitrogens with one attached hydrogen (secondary N) is 1. The molecule has 0 aliphatic carbocycles. The van der Waals surface area contributed by atoms with Crippen LogP contribution in [0.5, 0.6) is 11.5 Å². The predicted octanol–water partition coefficient (Wildman–Crippen LogP) is 3.95. The lowest BCUT2D eigenvalue weighted by molar-refractivity contribution is 0.0745. The van der Waals surface area contributed by atoms with Crippen LogP contribution < -0.4 is 14.8 Å². The Bertz CT molecular complexity index is 1090. The van der Waals surface area contributed by atoms with E-state index >= 15 is 0 Å². The molecule has 3 aromatic rings. The first-order valence-electron chi connectivity index (χ1n) is 9.98. The minimum atomic E-state index is 0. The van der Waals surface area contributed by atoms with E-state index in [1.165, 1.54) is 0 Å². The van der Waals surface area contributed by atoms with Gasteiger partial charge in [0.1, 0.15) is 13.2 Å². The van der Waals surface area contributed by atoms with E-state index in [0.717, 1.165) is 47.4 Å². The third kappa shape index (κ3) is 4.42. The molecule has 2 aromatic carbocycles. The van der Waals surface area contributed by atoms with Crippen molar-refractivity contribution in [3.63, 3.8) is 0 Å². The molecule has 6 nitrogen and oxygen atoms in total. The molecule has 5 rings (SSSR count). The Labute approximate surface area is 193 Å². The molecule has 0 spiro atoms. The Hall–Kier alpha value is -2.54. The maximum Gasteiger partial charge on any atom is 0.254 e. The van der Waals surface area contributed by atoms with E-state index in [4.69, 9.17) is 14.5 Å². The third-order valence-corrected chi connectivity index (χ3v) is 5.69. The lowest BCUT2D eigenvalue weighted by atomic mass is 10.0. The fourth-order valence-electron chi connectivity index (χ4n) is 4.03. The van der Waals surface area contributed by atoms with E-state index in [2.05, 4.69) is 5.32 Å². The van der Waals surface area contributed by atoms with Crippen LogP contribution in [0.15, 0.2) is 48.5 Å². The Morgan fingerprint density at radius 2 is 1.84 bits per heavy atom. The second-order valence-electron chi connectivity index (χ2n) is 7.49. The van der Waals surface area contributed by atoms with Gasteiger partial charge in [-0.15, -0.1) is 24.8 Å². The third-order valence-electron chi connectivity index (χ3n) is 5.69. The van der Waals surface area contributed by atoms with Gasteiger partial charge < -0.3 is 19.7 Å². The minimum Gasteiger partial charge on any atom is -0.486 e. The van der Waals surface area contributed by atoms with Crippen LogP contribution in [0.25, 0.3) is 22.2 Å². The van der Waals surface area contributed by atoms with E-state index in [0.29, 0.717) is 24.5 Å². The number of para-hydroxylation sites is 1. The Kier molecular flexibility index (Phi) is 7.26. The first-order valence-corrected chi connectivity index (χ1v) is 9.98. The Morgan fingerprint density at radius 3 is 2.61 bits per heavy atom. The number of pyridine rings is 1. The maximum atomic E-state index is 13.4. The van der Waals surface area contributed by atoms with Crippen LogP contribution in [-0.2, 0) is 0 Å².